The first-order valence-corrected chi connectivity index (χ1v) is 6.85. The Kier molecular flexibility index (Phi) is 4.76. The van der Waals surface area contributed by atoms with Gasteiger partial charge in [-0.05, 0) is 12.8 Å². The number of hydrogen-bond donors (Lipinski definition) is 1. The van der Waals surface area contributed by atoms with Crippen molar-refractivity contribution >= 4 is 11.8 Å². The van der Waals surface area contributed by atoms with Crippen molar-refractivity contribution in [2.75, 3.05) is 40.0 Å². The van der Waals surface area contributed by atoms with Crippen molar-refractivity contribution < 1.29 is 19.4 Å². The third-order valence-corrected chi connectivity index (χ3v) is 3.74. The van der Waals surface area contributed by atoms with E-state index in [1.165, 1.54) is 0 Å². The molecular weight excluding hydrogens is 248 g/mol. The summed E-state index contributed by atoms with van der Waals surface area (Å²) in [5.41, 5.74) is 0. The Morgan fingerprint density at radius 1 is 1.47 bits per heavy atom. The number of rotatable bonds is 7. The predicted molar refractivity (Wildman–Crippen MR) is 68.4 cm³/mol. The van der Waals surface area contributed by atoms with Crippen molar-refractivity contribution in [2.45, 2.75) is 25.3 Å². The highest BCUT2D eigenvalue weighted by Crippen LogP contribution is 2.33. The lowest BCUT2D eigenvalue weighted by Crippen LogP contribution is -2.41. The van der Waals surface area contributed by atoms with E-state index in [1.54, 1.807) is 12.0 Å². The summed E-state index contributed by atoms with van der Waals surface area (Å²) in [6, 6.07) is 0.371. The van der Waals surface area contributed by atoms with Crippen LogP contribution in [0.2, 0.25) is 0 Å². The lowest BCUT2D eigenvalue weighted by molar-refractivity contribution is -0.137. The van der Waals surface area contributed by atoms with E-state index in [2.05, 4.69) is 0 Å². The fraction of sp³-hybridized carbons (Fsp3) is 0.846. The van der Waals surface area contributed by atoms with Crippen LogP contribution >= 0.6 is 0 Å². The fourth-order valence-corrected chi connectivity index (χ4v) is 2.55. The molecule has 1 saturated heterocycles. The monoisotopic (exact) mass is 270 g/mol. The molecule has 0 aromatic carbocycles. The van der Waals surface area contributed by atoms with Crippen LogP contribution in [0.3, 0.4) is 0 Å². The van der Waals surface area contributed by atoms with Crippen molar-refractivity contribution in [1.82, 2.24) is 9.80 Å². The largest absolute Gasteiger partial charge is 0.395 e. The van der Waals surface area contributed by atoms with Gasteiger partial charge in [0.25, 0.3) is 0 Å². The summed E-state index contributed by atoms with van der Waals surface area (Å²) < 4.78 is 4.97. The summed E-state index contributed by atoms with van der Waals surface area (Å²) in [7, 11) is 1.58. The van der Waals surface area contributed by atoms with Crippen molar-refractivity contribution in [3.05, 3.63) is 0 Å². The molecule has 2 rings (SSSR count). The number of hydrogen-bond acceptors (Lipinski definition) is 4. The molecule has 2 amide bonds. The summed E-state index contributed by atoms with van der Waals surface area (Å²) in [6.45, 7) is 1.68. The number of carbonyl (C=O) groups is 2. The van der Waals surface area contributed by atoms with Gasteiger partial charge in [0.1, 0.15) is 0 Å². The van der Waals surface area contributed by atoms with Gasteiger partial charge in [-0.15, -0.1) is 0 Å². The molecule has 1 unspecified atom stereocenters. The first-order chi connectivity index (χ1) is 9.17. The second-order valence-electron chi connectivity index (χ2n) is 5.22. The molecule has 0 bridgehead atoms. The molecule has 1 saturated carbocycles. The maximum absolute atomic E-state index is 12.4. The average Bonchev–Trinajstić information content (AvgIpc) is 3.17. The third kappa shape index (κ3) is 3.45. The molecule has 108 valence electrons. The van der Waals surface area contributed by atoms with E-state index in [0.717, 1.165) is 12.8 Å². The summed E-state index contributed by atoms with van der Waals surface area (Å²) in [4.78, 5) is 27.6. The van der Waals surface area contributed by atoms with Crippen molar-refractivity contribution in [1.29, 1.82) is 0 Å². The molecule has 1 N–H and O–H groups in total. The van der Waals surface area contributed by atoms with E-state index in [4.69, 9.17) is 9.84 Å². The number of aliphatic hydroxyl groups is 1. The van der Waals surface area contributed by atoms with Crippen molar-refractivity contribution in [2.24, 2.45) is 5.92 Å². The smallest absolute Gasteiger partial charge is 0.228 e. The van der Waals surface area contributed by atoms with Crippen LogP contribution in [-0.4, -0.2) is 72.7 Å². The molecule has 2 fully saturated rings. The third-order valence-electron chi connectivity index (χ3n) is 3.74. The highest BCUT2D eigenvalue weighted by atomic mass is 16.5. The number of methoxy groups -OCH3 is 1. The number of aliphatic hydroxyl groups excluding tert-OH is 1. The molecule has 6 heteroatoms. The minimum atomic E-state index is -0.253. The molecule has 0 aromatic heterocycles. The molecule has 2 aliphatic rings. The van der Waals surface area contributed by atoms with Crippen molar-refractivity contribution in [3.8, 4) is 0 Å². The van der Waals surface area contributed by atoms with Gasteiger partial charge in [0, 0.05) is 39.2 Å². The highest BCUT2D eigenvalue weighted by molar-refractivity contribution is 5.89. The van der Waals surface area contributed by atoms with Crippen LogP contribution in [0.15, 0.2) is 0 Å². The molecule has 6 nitrogen and oxygen atoms in total. The number of ether oxygens (including phenoxy) is 1. The summed E-state index contributed by atoms with van der Waals surface area (Å²) in [5.74, 6) is -0.198. The zero-order valence-corrected chi connectivity index (χ0v) is 11.4. The Labute approximate surface area is 113 Å². The zero-order chi connectivity index (χ0) is 13.8. The lowest BCUT2D eigenvalue weighted by Gasteiger charge is -2.24. The maximum Gasteiger partial charge on any atom is 0.228 e. The molecule has 1 atom stereocenters. The van der Waals surface area contributed by atoms with E-state index in [0.29, 0.717) is 38.7 Å². The average molecular weight is 270 g/mol. The van der Waals surface area contributed by atoms with Crippen LogP contribution in [0.25, 0.3) is 0 Å². The van der Waals surface area contributed by atoms with Gasteiger partial charge in [0.15, 0.2) is 0 Å². The Hall–Kier alpha value is -1.14. The summed E-state index contributed by atoms with van der Waals surface area (Å²) in [5, 5.41) is 9.02. The van der Waals surface area contributed by atoms with Crippen molar-refractivity contribution in [3.63, 3.8) is 0 Å². The van der Waals surface area contributed by atoms with Crippen LogP contribution < -0.4 is 0 Å². The van der Waals surface area contributed by atoms with Gasteiger partial charge in [-0.2, -0.15) is 0 Å². The summed E-state index contributed by atoms with van der Waals surface area (Å²) in [6.07, 6.45) is 2.44. The first kappa shape index (κ1) is 14.3. The van der Waals surface area contributed by atoms with Crippen LogP contribution in [-0.2, 0) is 14.3 Å². The first-order valence-electron chi connectivity index (χ1n) is 6.85. The van der Waals surface area contributed by atoms with E-state index < -0.39 is 0 Å². The van der Waals surface area contributed by atoms with Crippen LogP contribution in [0.1, 0.15) is 19.3 Å². The Morgan fingerprint density at radius 2 is 2.21 bits per heavy atom. The molecular formula is C13H22N2O4. The van der Waals surface area contributed by atoms with Gasteiger partial charge in [-0.25, -0.2) is 0 Å². The predicted octanol–water partition coefficient (Wildman–Crippen LogP) is -0.535. The molecule has 1 heterocycles. The number of nitrogens with zero attached hydrogens (tertiary/aromatic N) is 2. The lowest BCUT2D eigenvalue weighted by atomic mass is 10.1. The van der Waals surface area contributed by atoms with E-state index in [-0.39, 0.29) is 24.3 Å². The van der Waals surface area contributed by atoms with E-state index >= 15 is 0 Å². The molecule has 0 spiro atoms. The second-order valence-corrected chi connectivity index (χ2v) is 5.22. The number of carbonyl (C=O) groups excluding carboxylic acids is 2. The van der Waals surface area contributed by atoms with Gasteiger partial charge < -0.3 is 19.6 Å². The minimum absolute atomic E-state index is 0.0393. The molecule has 1 aliphatic heterocycles. The fourth-order valence-electron chi connectivity index (χ4n) is 2.55. The molecule has 0 aromatic rings. The van der Waals surface area contributed by atoms with E-state index in [1.807, 2.05) is 4.90 Å². The van der Waals surface area contributed by atoms with E-state index in [9.17, 15) is 9.59 Å². The molecule has 19 heavy (non-hydrogen) atoms. The van der Waals surface area contributed by atoms with Gasteiger partial charge >= 0.3 is 0 Å². The number of likely N-dealkylation sites (tertiary alicyclic amines) is 1. The highest BCUT2D eigenvalue weighted by Gasteiger charge is 2.42. The zero-order valence-electron chi connectivity index (χ0n) is 11.4. The SMILES string of the molecule is COCCN(CCO)C(=O)C1CC(=O)N(C2CC2)C1. The van der Waals surface area contributed by atoms with Crippen LogP contribution in [0, 0.1) is 5.92 Å². The number of amides is 2. The van der Waals surface area contributed by atoms with Gasteiger partial charge in [0.05, 0.1) is 19.1 Å². The topological polar surface area (TPSA) is 70.1 Å². The standard InChI is InChI=1S/C13H22N2O4/c1-19-7-5-14(4-6-16)13(18)10-8-12(17)15(9-10)11-2-3-11/h10-11,16H,2-9H2,1H3. The Bertz CT molecular complexity index is 344. The quantitative estimate of drug-likeness (QED) is 0.675. The summed E-state index contributed by atoms with van der Waals surface area (Å²) >= 11 is 0. The van der Waals surface area contributed by atoms with Crippen LogP contribution in [0.5, 0.6) is 0 Å². The Morgan fingerprint density at radius 3 is 2.79 bits per heavy atom. The normalized spacial score (nSPS) is 22.9. The molecule has 1 aliphatic carbocycles. The Balaban J connectivity index is 1.91. The maximum atomic E-state index is 12.4. The molecule has 0 radical (unpaired) electrons. The second kappa shape index (κ2) is 6.34. The van der Waals surface area contributed by atoms with Crippen LogP contribution in [0.4, 0.5) is 0 Å². The van der Waals surface area contributed by atoms with Gasteiger partial charge in [-0.3, -0.25) is 9.59 Å². The van der Waals surface area contributed by atoms with Gasteiger partial charge in [0.2, 0.25) is 11.8 Å². The van der Waals surface area contributed by atoms with Gasteiger partial charge in [-0.1, -0.05) is 0 Å². The minimum Gasteiger partial charge on any atom is -0.395 e.